The predicted molar refractivity (Wildman–Crippen MR) is 85.1 cm³/mol. The summed E-state index contributed by atoms with van der Waals surface area (Å²) >= 11 is 0. The molecule has 1 unspecified atom stereocenters. The maximum absolute atomic E-state index is 13.0. The molecule has 2 aliphatic rings. The van der Waals surface area contributed by atoms with Crippen LogP contribution in [-0.2, 0) is 11.3 Å². The standard InChI is InChI=1S/C18H26N2O/c1-3-18(4-2)9-10-20(13-18)17(21)16-12-19-11-14-7-5-6-8-15(14)16/h5-8,16,19H,3-4,9-13H2,1-2H3. The predicted octanol–water partition coefficient (Wildman–Crippen LogP) is 2.91. The monoisotopic (exact) mass is 286 g/mol. The topological polar surface area (TPSA) is 32.3 Å². The van der Waals surface area contributed by atoms with Crippen molar-refractivity contribution in [1.29, 1.82) is 0 Å². The van der Waals surface area contributed by atoms with E-state index in [4.69, 9.17) is 0 Å². The molecule has 1 N–H and O–H groups in total. The molecule has 1 amide bonds. The Kier molecular flexibility index (Phi) is 4.03. The van der Waals surface area contributed by atoms with Crippen LogP contribution in [-0.4, -0.2) is 30.4 Å². The number of hydrogen-bond acceptors (Lipinski definition) is 2. The van der Waals surface area contributed by atoms with Crippen molar-refractivity contribution in [2.45, 2.75) is 45.6 Å². The minimum absolute atomic E-state index is 0.000498. The fraction of sp³-hybridized carbons (Fsp3) is 0.611. The van der Waals surface area contributed by atoms with Gasteiger partial charge in [-0.1, -0.05) is 38.1 Å². The van der Waals surface area contributed by atoms with Gasteiger partial charge < -0.3 is 10.2 Å². The van der Waals surface area contributed by atoms with Crippen LogP contribution in [0.2, 0.25) is 0 Å². The largest absolute Gasteiger partial charge is 0.342 e. The van der Waals surface area contributed by atoms with Gasteiger partial charge in [0, 0.05) is 26.2 Å². The van der Waals surface area contributed by atoms with Crippen LogP contribution in [0, 0.1) is 5.41 Å². The number of benzene rings is 1. The van der Waals surface area contributed by atoms with E-state index < -0.39 is 0 Å². The highest BCUT2D eigenvalue weighted by atomic mass is 16.2. The Morgan fingerprint density at radius 3 is 2.81 bits per heavy atom. The van der Waals surface area contributed by atoms with Gasteiger partial charge in [0.25, 0.3) is 0 Å². The molecule has 0 saturated carbocycles. The molecule has 1 atom stereocenters. The first-order valence-electron chi connectivity index (χ1n) is 8.26. The van der Waals surface area contributed by atoms with E-state index in [1.807, 2.05) is 0 Å². The van der Waals surface area contributed by atoms with Crippen molar-refractivity contribution in [1.82, 2.24) is 10.2 Å². The number of nitrogens with one attached hydrogen (secondary N) is 1. The Hall–Kier alpha value is -1.35. The van der Waals surface area contributed by atoms with Crippen LogP contribution < -0.4 is 5.32 Å². The molecular weight excluding hydrogens is 260 g/mol. The van der Waals surface area contributed by atoms with Crippen LogP contribution in [0.3, 0.4) is 0 Å². The second kappa shape index (κ2) is 5.80. The minimum Gasteiger partial charge on any atom is -0.342 e. The molecule has 1 aromatic rings. The van der Waals surface area contributed by atoms with Crippen molar-refractivity contribution < 1.29 is 4.79 Å². The summed E-state index contributed by atoms with van der Waals surface area (Å²) in [5.41, 5.74) is 2.86. The van der Waals surface area contributed by atoms with Crippen LogP contribution >= 0.6 is 0 Å². The molecule has 1 aromatic carbocycles. The van der Waals surface area contributed by atoms with E-state index in [1.54, 1.807) is 0 Å². The van der Waals surface area contributed by atoms with Crippen molar-refractivity contribution >= 4 is 5.91 Å². The molecule has 0 aromatic heterocycles. The number of hydrogen-bond donors (Lipinski definition) is 1. The zero-order chi connectivity index (χ0) is 14.9. The number of nitrogens with zero attached hydrogens (tertiary/aromatic N) is 1. The average molecular weight is 286 g/mol. The van der Waals surface area contributed by atoms with Crippen molar-refractivity contribution in [3.8, 4) is 0 Å². The van der Waals surface area contributed by atoms with Crippen molar-refractivity contribution in [2.24, 2.45) is 5.41 Å². The van der Waals surface area contributed by atoms with Gasteiger partial charge in [-0.25, -0.2) is 0 Å². The lowest BCUT2D eigenvalue weighted by Gasteiger charge is -2.31. The molecule has 0 bridgehead atoms. The van der Waals surface area contributed by atoms with Gasteiger partial charge in [-0.3, -0.25) is 4.79 Å². The van der Waals surface area contributed by atoms with E-state index in [9.17, 15) is 4.79 Å². The van der Waals surface area contributed by atoms with E-state index in [1.165, 1.54) is 24.0 Å². The molecule has 0 aliphatic carbocycles. The van der Waals surface area contributed by atoms with E-state index in [2.05, 4.69) is 48.3 Å². The molecule has 21 heavy (non-hydrogen) atoms. The van der Waals surface area contributed by atoms with Crippen molar-refractivity contribution in [3.05, 3.63) is 35.4 Å². The molecule has 1 saturated heterocycles. The lowest BCUT2D eigenvalue weighted by molar-refractivity contribution is -0.132. The molecule has 2 heterocycles. The van der Waals surface area contributed by atoms with Crippen LogP contribution in [0.1, 0.15) is 50.2 Å². The third-order valence-electron chi connectivity index (χ3n) is 5.64. The van der Waals surface area contributed by atoms with Gasteiger partial charge in [0.1, 0.15) is 0 Å². The number of carbonyl (C=O) groups is 1. The number of carbonyl (C=O) groups excluding carboxylic acids is 1. The highest BCUT2D eigenvalue weighted by Crippen LogP contribution is 2.38. The summed E-state index contributed by atoms with van der Waals surface area (Å²) in [7, 11) is 0. The van der Waals surface area contributed by atoms with Gasteiger partial charge in [-0.15, -0.1) is 0 Å². The maximum Gasteiger partial charge on any atom is 0.231 e. The number of amides is 1. The maximum atomic E-state index is 13.0. The third kappa shape index (κ3) is 2.59. The number of rotatable bonds is 3. The fourth-order valence-electron chi connectivity index (χ4n) is 3.89. The summed E-state index contributed by atoms with van der Waals surface area (Å²) in [6.45, 7) is 8.05. The lowest BCUT2D eigenvalue weighted by Crippen LogP contribution is -2.41. The summed E-state index contributed by atoms with van der Waals surface area (Å²) in [4.78, 5) is 15.1. The normalized spacial score (nSPS) is 23.9. The Bertz CT molecular complexity index is 522. The Labute approximate surface area is 127 Å². The van der Waals surface area contributed by atoms with Crippen LogP contribution in [0.25, 0.3) is 0 Å². The highest BCUT2D eigenvalue weighted by Gasteiger charge is 2.39. The quantitative estimate of drug-likeness (QED) is 0.926. The fourth-order valence-corrected chi connectivity index (χ4v) is 3.89. The van der Waals surface area contributed by atoms with Gasteiger partial charge in [-0.2, -0.15) is 0 Å². The van der Waals surface area contributed by atoms with E-state index in [0.29, 0.717) is 11.3 Å². The first-order valence-corrected chi connectivity index (χ1v) is 8.26. The molecule has 0 spiro atoms. The average Bonchev–Trinajstić information content (AvgIpc) is 2.99. The van der Waals surface area contributed by atoms with Crippen LogP contribution in [0.15, 0.2) is 24.3 Å². The first-order chi connectivity index (χ1) is 10.2. The second-order valence-electron chi connectivity index (χ2n) is 6.60. The van der Waals surface area contributed by atoms with E-state index in [0.717, 1.165) is 32.6 Å². The van der Waals surface area contributed by atoms with Crippen molar-refractivity contribution in [2.75, 3.05) is 19.6 Å². The smallest absolute Gasteiger partial charge is 0.231 e. The zero-order valence-electron chi connectivity index (χ0n) is 13.2. The number of likely N-dealkylation sites (tertiary alicyclic amines) is 1. The van der Waals surface area contributed by atoms with Gasteiger partial charge in [-0.05, 0) is 35.8 Å². The van der Waals surface area contributed by atoms with E-state index in [-0.39, 0.29) is 5.92 Å². The van der Waals surface area contributed by atoms with Crippen molar-refractivity contribution in [3.63, 3.8) is 0 Å². The molecule has 2 aliphatic heterocycles. The minimum atomic E-state index is -0.000498. The molecule has 3 rings (SSSR count). The van der Waals surface area contributed by atoms with Crippen LogP contribution in [0.4, 0.5) is 0 Å². The Morgan fingerprint density at radius 2 is 2.10 bits per heavy atom. The molecule has 114 valence electrons. The molecule has 3 heteroatoms. The Morgan fingerprint density at radius 1 is 1.33 bits per heavy atom. The van der Waals surface area contributed by atoms with Gasteiger partial charge in [0.15, 0.2) is 0 Å². The number of fused-ring (bicyclic) bond motifs is 1. The zero-order valence-corrected chi connectivity index (χ0v) is 13.2. The highest BCUT2D eigenvalue weighted by molar-refractivity contribution is 5.85. The second-order valence-corrected chi connectivity index (χ2v) is 6.60. The Balaban J connectivity index is 1.78. The lowest BCUT2D eigenvalue weighted by atomic mass is 9.82. The molecule has 3 nitrogen and oxygen atoms in total. The van der Waals surface area contributed by atoms with E-state index >= 15 is 0 Å². The summed E-state index contributed by atoms with van der Waals surface area (Å²) in [6, 6.07) is 8.37. The van der Waals surface area contributed by atoms with Gasteiger partial charge in [0.05, 0.1) is 5.92 Å². The summed E-state index contributed by atoms with van der Waals surface area (Å²) in [5.74, 6) is 0.317. The first kappa shape index (κ1) is 14.6. The molecule has 0 radical (unpaired) electrons. The summed E-state index contributed by atoms with van der Waals surface area (Å²) in [6.07, 6.45) is 3.51. The SMILES string of the molecule is CCC1(CC)CCN(C(=O)C2CNCc3ccccc32)C1. The summed E-state index contributed by atoms with van der Waals surface area (Å²) < 4.78 is 0. The van der Waals surface area contributed by atoms with Crippen LogP contribution in [0.5, 0.6) is 0 Å². The van der Waals surface area contributed by atoms with Gasteiger partial charge in [0.2, 0.25) is 5.91 Å². The molecule has 1 fully saturated rings. The van der Waals surface area contributed by atoms with Gasteiger partial charge >= 0.3 is 0 Å². The molecular formula is C18H26N2O. The third-order valence-corrected chi connectivity index (χ3v) is 5.64. The summed E-state index contributed by atoms with van der Waals surface area (Å²) in [5, 5.41) is 3.40.